The van der Waals surface area contributed by atoms with Gasteiger partial charge in [0.25, 0.3) is 5.69 Å². The number of hydrogen-bond donors (Lipinski definition) is 2. The van der Waals surface area contributed by atoms with Gasteiger partial charge in [-0.25, -0.2) is 9.18 Å². The monoisotopic (exact) mass is 494 g/mol. The van der Waals surface area contributed by atoms with Crippen LogP contribution in [-0.2, 0) is 10.5 Å². The average molecular weight is 495 g/mol. The van der Waals surface area contributed by atoms with Crippen molar-refractivity contribution in [2.75, 3.05) is 5.32 Å². The number of halogens is 1. The topological polar surface area (TPSA) is 127 Å². The van der Waals surface area contributed by atoms with Gasteiger partial charge in [-0.15, -0.1) is 11.8 Å². The number of nitro groups is 1. The summed E-state index contributed by atoms with van der Waals surface area (Å²) in [5, 5.41) is 23.0. The number of carbonyl (C=O) groups excluding carboxylic acids is 2. The van der Waals surface area contributed by atoms with Gasteiger partial charge in [-0.05, 0) is 47.5 Å². The zero-order valence-corrected chi connectivity index (χ0v) is 19.2. The standard InChI is InChI=1S/C25H19FN2O6S/c1-15(29)27-21-11-4-17(12-22(21)28(33)34)13-23(35-14-16-2-9-20(26)10-3-16)24(30)18-5-7-19(8-6-18)25(31)32/h2-13H,14H2,1H3,(H,27,29)(H,31,32). The summed E-state index contributed by atoms with van der Waals surface area (Å²) >= 11 is 1.15. The highest BCUT2D eigenvalue weighted by molar-refractivity contribution is 8.03. The smallest absolute Gasteiger partial charge is 0.335 e. The molecule has 0 spiro atoms. The van der Waals surface area contributed by atoms with E-state index in [1.54, 1.807) is 12.1 Å². The Hall–Kier alpha value is -4.31. The van der Waals surface area contributed by atoms with Gasteiger partial charge in [0.2, 0.25) is 5.91 Å². The molecule has 178 valence electrons. The van der Waals surface area contributed by atoms with Crippen LogP contribution in [-0.4, -0.2) is 27.7 Å². The van der Waals surface area contributed by atoms with Crippen molar-refractivity contribution in [1.82, 2.24) is 0 Å². The van der Waals surface area contributed by atoms with Crippen LogP contribution in [0.4, 0.5) is 15.8 Å². The molecule has 8 nitrogen and oxygen atoms in total. The summed E-state index contributed by atoms with van der Waals surface area (Å²) in [6, 6.07) is 15.3. The third kappa shape index (κ3) is 6.84. The van der Waals surface area contributed by atoms with Crippen molar-refractivity contribution >= 4 is 46.9 Å². The highest BCUT2D eigenvalue weighted by Gasteiger charge is 2.18. The number of Topliss-reactive ketones (excluding diaryl/α,β-unsaturated/α-hetero) is 1. The van der Waals surface area contributed by atoms with Crippen LogP contribution in [0.2, 0.25) is 0 Å². The first-order valence-electron chi connectivity index (χ1n) is 10.2. The molecule has 0 fully saturated rings. The van der Waals surface area contributed by atoms with Crippen molar-refractivity contribution in [2.45, 2.75) is 12.7 Å². The van der Waals surface area contributed by atoms with Crippen LogP contribution in [0.3, 0.4) is 0 Å². The Kier molecular flexibility index (Phi) is 8.11. The molecule has 10 heteroatoms. The number of allylic oxidation sites excluding steroid dienone is 1. The Morgan fingerprint density at radius 3 is 2.23 bits per heavy atom. The fourth-order valence-corrected chi connectivity index (χ4v) is 4.04. The van der Waals surface area contributed by atoms with Gasteiger partial charge in [-0.1, -0.05) is 30.3 Å². The number of anilines is 1. The number of nitrogens with zero attached hydrogens (tertiary/aromatic N) is 1. The van der Waals surface area contributed by atoms with Crippen LogP contribution < -0.4 is 5.32 Å². The number of nitro benzene ring substituents is 1. The number of carboxylic acid groups (broad SMARTS) is 1. The molecule has 0 radical (unpaired) electrons. The molecule has 0 unspecified atom stereocenters. The molecule has 2 N–H and O–H groups in total. The van der Waals surface area contributed by atoms with Crippen LogP contribution >= 0.6 is 11.8 Å². The van der Waals surface area contributed by atoms with Gasteiger partial charge in [0.1, 0.15) is 11.5 Å². The first-order valence-corrected chi connectivity index (χ1v) is 11.2. The minimum Gasteiger partial charge on any atom is -0.478 e. The van der Waals surface area contributed by atoms with Crippen molar-refractivity contribution in [2.24, 2.45) is 0 Å². The first-order chi connectivity index (χ1) is 16.6. The van der Waals surface area contributed by atoms with Crippen molar-refractivity contribution in [3.8, 4) is 0 Å². The number of ketones is 1. The molecule has 0 atom stereocenters. The lowest BCUT2D eigenvalue weighted by atomic mass is 10.1. The van der Waals surface area contributed by atoms with E-state index in [9.17, 15) is 28.9 Å². The van der Waals surface area contributed by atoms with E-state index in [2.05, 4.69) is 5.32 Å². The summed E-state index contributed by atoms with van der Waals surface area (Å²) in [7, 11) is 0. The lowest BCUT2D eigenvalue weighted by Crippen LogP contribution is -2.08. The van der Waals surface area contributed by atoms with Gasteiger partial charge in [0, 0.05) is 24.3 Å². The van der Waals surface area contributed by atoms with Gasteiger partial charge < -0.3 is 10.4 Å². The lowest BCUT2D eigenvalue weighted by Gasteiger charge is -2.09. The van der Waals surface area contributed by atoms with Crippen LogP contribution in [0.1, 0.15) is 38.8 Å². The van der Waals surface area contributed by atoms with Gasteiger partial charge in [0.05, 0.1) is 15.4 Å². The predicted molar refractivity (Wildman–Crippen MR) is 131 cm³/mol. The average Bonchev–Trinajstić information content (AvgIpc) is 2.82. The highest BCUT2D eigenvalue weighted by Crippen LogP contribution is 2.31. The first kappa shape index (κ1) is 25.3. The number of rotatable bonds is 9. The number of aromatic carboxylic acids is 1. The molecular weight excluding hydrogens is 475 g/mol. The molecule has 0 heterocycles. The molecule has 35 heavy (non-hydrogen) atoms. The molecule has 0 bridgehead atoms. The Balaban J connectivity index is 1.99. The third-order valence-corrected chi connectivity index (χ3v) is 5.84. The van der Waals surface area contributed by atoms with E-state index >= 15 is 0 Å². The number of carbonyl (C=O) groups is 3. The number of nitrogens with one attached hydrogen (secondary N) is 1. The van der Waals surface area contributed by atoms with E-state index in [0.29, 0.717) is 11.3 Å². The second kappa shape index (κ2) is 11.2. The number of hydrogen-bond acceptors (Lipinski definition) is 6. The van der Waals surface area contributed by atoms with Gasteiger partial charge in [-0.2, -0.15) is 0 Å². The van der Waals surface area contributed by atoms with E-state index in [1.807, 2.05) is 0 Å². The second-order valence-electron chi connectivity index (χ2n) is 7.35. The summed E-state index contributed by atoms with van der Waals surface area (Å²) in [5.41, 5.74) is 1.05. The van der Waals surface area contributed by atoms with Gasteiger partial charge in [0.15, 0.2) is 5.78 Å². The minimum atomic E-state index is -1.13. The quantitative estimate of drug-likeness (QED) is 0.173. The van der Waals surface area contributed by atoms with E-state index < -0.39 is 28.4 Å². The molecule has 0 aliphatic rings. The summed E-state index contributed by atoms with van der Waals surface area (Å²) in [5.74, 6) is -2.08. The Labute approximate surface area is 203 Å². The number of thioether (sulfide) groups is 1. The Bertz CT molecular complexity index is 1320. The van der Waals surface area contributed by atoms with E-state index in [1.165, 1.54) is 67.6 Å². The molecule has 0 aromatic heterocycles. The fraction of sp³-hybridized carbons (Fsp3) is 0.0800. The molecule has 3 rings (SSSR count). The van der Waals surface area contributed by atoms with Gasteiger partial charge in [-0.3, -0.25) is 19.7 Å². The maximum atomic E-state index is 13.2. The Morgan fingerprint density at radius 2 is 1.66 bits per heavy atom. The van der Waals surface area contributed by atoms with Crippen LogP contribution in [0.25, 0.3) is 6.08 Å². The fourth-order valence-electron chi connectivity index (χ4n) is 3.06. The molecule has 1 amide bonds. The SMILES string of the molecule is CC(=O)Nc1ccc(C=C(SCc2ccc(F)cc2)C(=O)c2ccc(C(=O)O)cc2)cc1[N+](=O)[O-]. The van der Waals surface area contributed by atoms with E-state index in [0.717, 1.165) is 17.3 Å². The number of benzene rings is 3. The zero-order chi connectivity index (χ0) is 25.5. The second-order valence-corrected chi connectivity index (χ2v) is 8.37. The van der Waals surface area contributed by atoms with Crippen LogP contribution in [0.5, 0.6) is 0 Å². The molecule has 0 aliphatic carbocycles. The van der Waals surface area contributed by atoms with Crippen molar-refractivity contribution < 1.29 is 28.8 Å². The molecule has 3 aromatic carbocycles. The van der Waals surface area contributed by atoms with Crippen molar-refractivity contribution in [3.63, 3.8) is 0 Å². The minimum absolute atomic E-state index is 0.0234. The zero-order valence-electron chi connectivity index (χ0n) is 18.4. The maximum absolute atomic E-state index is 13.2. The molecular formula is C25H19FN2O6S. The van der Waals surface area contributed by atoms with Crippen LogP contribution in [0.15, 0.2) is 71.6 Å². The maximum Gasteiger partial charge on any atom is 0.335 e. The van der Waals surface area contributed by atoms with E-state index in [4.69, 9.17) is 5.11 Å². The van der Waals surface area contributed by atoms with Crippen molar-refractivity contribution in [3.05, 3.63) is 110 Å². The predicted octanol–water partition coefficient (Wildman–Crippen LogP) is 5.55. The summed E-state index contributed by atoms with van der Waals surface area (Å²) in [4.78, 5) is 46.8. The highest BCUT2D eigenvalue weighted by atomic mass is 32.2. The third-order valence-electron chi connectivity index (χ3n) is 4.75. The number of amides is 1. The van der Waals surface area contributed by atoms with Crippen molar-refractivity contribution in [1.29, 1.82) is 0 Å². The molecule has 0 saturated heterocycles. The largest absolute Gasteiger partial charge is 0.478 e. The Morgan fingerprint density at radius 1 is 1.03 bits per heavy atom. The van der Waals surface area contributed by atoms with Crippen LogP contribution in [0, 0.1) is 15.9 Å². The summed E-state index contributed by atoms with van der Waals surface area (Å²) in [6.07, 6.45) is 1.48. The molecule has 3 aromatic rings. The number of carboxylic acids is 1. The van der Waals surface area contributed by atoms with Gasteiger partial charge >= 0.3 is 5.97 Å². The molecule has 0 aliphatic heterocycles. The molecule has 0 saturated carbocycles. The summed E-state index contributed by atoms with van der Waals surface area (Å²) < 4.78 is 13.2. The normalized spacial score (nSPS) is 11.1. The van der Waals surface area contributed by atoms with E-state index in [-0.39, 0.29) is 27.4 Å². The summed E-state index contributed by atoms with van der Waals surface area (Å²) in [6.45, 7) is 1.23. The lowest BCUT2D eigenvalue weighted by molar-refractivity contribution is -0.383.